The van der Waals surface area contributed by atoms with E-state index in [1.165, 1.54) is 44.9 Å². The number of aliphatic hydroxyl groups excluding tert-OH is 1. The van der Waals surface area contributed by atoms with Crippen LogP contribution in [0.2, 0.25) is 0 Å². The van der Waals surface area contributed by atoms with Gasteiger partial charge in [0, 0.05) is 6.54 Å². The van der Waals surface area contributed by atoms with E-state index in [2.05, 4.69) is 11.1 Å². The van der Waals surface area contributed by atoms with E-state index in [4.69, 9.17) is 15.4 Å². The van der Waals surface area contributed by atoms with Crippen LogP contribution in [-0.4, -0.2) is 37.3 Å². The van der Waals surface area contributed by atoms with Gasteiger partial charge in [-0.2, -0.15) is 8.42 Å². The maximum atomic E-state index is 10.2. The fourth-order valence-corrected chi connectivity index (χ4v) is 2.08. The predicted octanol–water partition coefficient (Wildman–Crippen LogP) is 3.05. The lowest BCUT2D eigenvalue weighted by atomic mass is 10.1. The van der Waals surface area contributed by atoms with Gasteiger partial charge in [0.15, 0.2) is 0 Å². The Hall–Kier alpha value is -0.210. The van der Waals surface area contributed by atoms with Crippen molar-refractivity contribution in [2.75, 3.05) is 13.2 Å². The molecule has 0 aliphatic rings. The smallest absolute Gasteiger partial charge is 0.392 e. The summed E-state index contributed by atoms with van der Waals surface area (Å²) in [5.74, 6) is 0. The Bertz CT molecular complexity index is 307. The molecule has 0 saturated carbocycles. The van der Waals surface area contributed by atoms with Gasteiger partial charge in [-0.1, -0.05) is 64.7 Å². The van der Waals surface area contributed by atoms with Crippen molar-refractivity contribution in [3.63, 3.8) is 0 Å². The third-order valence-electron chi connectivity index (χ3n) is 3.07. The molecule has 22 heavy (non-hydrogen) atoms. The van der Waals surface area contributed by atoms with Crippen LogP contribution in [-0.2, 0) is 14.6 Å². The van der Waals surface area contributed by atoms with Crippen molar-refractivity contribution >= 4 is 10.4 Å². The van der Waals surface area contributed by atoms with Crippen molar-refractivity contribution < 1.29 is 22.3 Å². The summed E-state index contributed by atoms with van der Waals surface area (Å²) in [4.78, 5) is 0. The average molecular weight is 342 g/mol. The Morgan fingerprint density at radius 1 is 0.955 bits per heavy atom. The Labute approximate surface area is 136 Å². The van der Waals surface area contributed by atoms with E-state index >= 15 is 0 Å². The molecule has 0 radical (unpaired) electrons. The monoisotopic (exact) mass is 341 g/mol. The molecule has 0 bridgehead atoms. The van der Waals surface area contributed by atoms with Crippen LogP contribution in [0.5, 0.6) is 0 Å². The molecular formula is C15H35NO5S. The molecule has 0 aliphatic carbocycles. The van der Waals surface area contributed by atoms with Gasteiger partial charge in [0.05, 0.1) is 12.7 Å². The standard InChI is InChI=1S/C12H26O4S.C3H9NO/c1-2-3-4-5-6-7-8-9-10-11-12-16-17(13,14)15;1-3(5)2-4/h2-12H2,1H3,(H,13,14,15);3,5H,2,4H2,1H3. The molecule has 0 aromatic rings. The molecule has 1 atom stereocenters. The third-order valence-corrected chi connectivity index (χ3v) is 3.54. The summed E-state index contributed by atoms with van der Waals surface area (Å²) in [5, 5.41) is 8.24. The number of aliphatic hydroxyl groups is 1. The SMILES string of the molecule is CC(O)CN.CCCCCCCCCCCCOS(=O)(=O)O. The van der Waals surface area contributed by atoms with Crippen LogP contribution < -0.4 is 5.73 Å². The zero-order valence-corrected chi connectivity index (χ0v) is 15.0. The minimum absolute atomic E-state index is 0.0926. The molecular weight excluding hydrogens is 306 g/mol. The van der Waals surface area contributed by atoms with Crippen LogP contribution in [0, 0.1) is 0 Å². The zero-order valence-electron chi connectivity index (χ0n) is 14.2. The topological polar surface area (TPSA) is 110 Å². The molecule has 7 heteroatoms. The summed E-state index contributed by atoms with van der Waals surface area (Å²) in [7, 11) is -4.23. The highest BCUT2D eigenvalue weighted by molar-refractivity contribution is 7.80. The zero-order chi connectivity index (χ0) is 17.3. The molecule has 0 aliphatic heterocycles. The summed E-state index contributed by atoms with van der Waals surface area (Å²) < 4.78 is 33.0. The highest BCUT2D eigenvalue weighted by Crippen LogP contribution is 2.10. The van der Waals surface area contributed by atoms with Crippen LogP contribution in [0.25, 0.3) is 0 Å². The van der Waals surface area contributed by atoms with Gasteiger partial charge in [0.2, 0.25) is 0 Å². The van der Waals surface area contributed by atoms with Crippen LogP contribution in [0.3, 0.4) is 0 Å². The maximum absolute atomic E-state index is 10.2. The normalized spacial score (nSPS) is 12.6. The van der Waals surface area contributed by atoms with Crippen LogP contribution in [0.15, 0.2) is 0 Å². The molecule has 0 rings (SSSR count). The lowest BCUT2D eigenvalue weighted by Crippen LogP contribution is -2.14. The van der Waals surface area contributed by atoms with Gasteiger partial charge >= 0.3 is 10.4 Å². The van der Waals surface area contributed by atoms with Crippen molar-refractivity contribution in [1.29, 1.82) is 0 Å². The molecule has 4 N–H and O–H groups in total. The first-order valence-electron chi connectivity index (χ1n) is 8.33. The van der Waals surface area contributed by atoms with E-state index in [-0.39, 0.29) is 12.7 Å². The lowest BCUT2D eigenvalue weighted by Gasteiger charge is -2.02. The Morgan fingerprint density at radius 2 is 1.32 bits per heavy atom. The largest absolute Gasteiger partial charge is 0.397 e. The van der Waals surface area contributed by atoms with Gasteiger partial charge in [0.1, 0.15) is 0 Å². The van der Waals surface area contributed by atoms with Gasteiger partial charge in [0.25, 0.3) is 0 Å². The highest BCUT2D eigenvalue weighted by Gasteiger charge is 2.02. The van der Waals surface area contributed by atoms with Crippen LogP contribution >= 0.6 is 0 Å². The molecule has 0 heterocycles. The first-order chi connectivity index (χ1) is 10.3. The first-order valence-corrected chi connectivity index (χ1v) is 9.70. The lowest BCUT2D eigenvalue weighted by molar-refractivity contribution is 0.203. The van der Waals surface area contributed by atoms with E-state index in [1.54, 1.807) is 6.92 Å². The second-order valence-corrected chi connectivity index (χ2v) is 6.61. The second kappa shape index (κ2) is 17.1. The van der Waals surface area contributed by atoms with Crippen molar-refractivity contribution in [3.05, 3.63) is 0 Å². The van der Waals surface area contributed by atoms with E-state index < -0.39 is 10.4 Å². The van der Waals surface area contributed by atoms with Gasteiger partial charge in [-0.05, 0) is 13.3 Å². The molecule has 0 amide bonds. The molecule has 6 nitrogen and oxygen atoms in total. The number of nitrogens with two attached hydrogens (primary N) is 1. The van der Waals surface area contributed by atoms with Crippen molar-refractivity contribution in [2.45, 2.75) is 84.2 Å². The Balaban J connectivity index is 0. The van der Waals surface area contributed by atoms with E-state index in [9.17, 15) is 8.42 Å². The minimum atomic E-state index is -4.23. The van der Waals surface area contributed by atoms with Gasteiger partial charge in [-0.15, -0.1) is 0 Å². The molecule has 0 aromatic heterocycles. The molecule has 1 unspecified atom stereocenters. The third kappa shape index (κ3) is 28.0. The fourth-order valence-electron chi connectivity index (χ4n) is 1.75. The van der Waals surface area contributed by atoms with Gasteiger partial charge in [-0.25, -0.2) is 4.18 Å². The number of unbranched alkanes of at least 4 members (excludes halogenated alkanes) is 9. The molecule has 0 aromatic carbocycles. The van der Waals surface area contributed by atoms with Crippen LogP contribution in [0.1, 0.15) is 78.1 Å². The van der Waals surface area contributed by atoms with Crippen LogP contribution in [0.4, 0.5) is 0 Å². The van der Waals surface area contributed by atoms with E-state index in [0.717, 1.165) is 12.8 Å². The van der Waals surface area contributed by atoms with Crippen molar-refractivity contribution in [1.82, 2.24) is 0 Å². The molecule has 0 spiro atoms. The Morgan fingerprint density at radius 3 is 1.64 bits per heavy atom. The van der Waals surface area contributed by atoms with E-state index in [0.29, 0.717) is 13.0 Å². The average Bonchev–Trinajstić information content (AvgIpc) is 2.44. The number of hydrogen-bond acceptors (Lipinski definition) is 5. The second-order valence-electron chi connectivity index (χ2n) is 5.52. The first kappa shape index (κ1) is 24.0. The summed E-state index contributed by atoms with van der Waals surface area (Å²) in [6, 6.07) is 0. The number of rotatable bonds is 13. The summed E-state index contributed by atoms with van der Waals surface area (Å²) in [5.41, 5.74) is 4.92. The van der Waals surface area contributed by atoms with Gasteiger partial charge < -0.3 is 10.8 Å². The summed E-state index contributed by atoms with van der Waals surface area (Å²) in [6.45, 7) is 4.32. The molecule has 136 valence electrons. The predicted molar refractivity (Wildman–Crippen MR) is 90.1 cm³/mol. The van der Waals surface area contributed by atoms with E-state index in [1.807, 2.05) is 0 Å². The quantitative estimate of drug-likeness (QED) is 0.351. The minimum Gasteiger partial charge on any atom is -0.392 e. The number of hydrogen-bond donors (Lipinski definition) is 3. The summed E-state index contributed by atoms with van der Waals surface area (Å²) >= 11 is 0. The molecule has 0 saturated heterocycles. The van der Waals surface area contributed by atoms with Crippen molar-refractivity contribution in [2.24, 2.45) is 5.73 Å². The summed E-state index contributed by atoms with van der Waals surface area (Å²) in [6.07, 6.45) is 11.5. The molecule has 0 fully saturated rings. The van der Waals surface area contributed by atoms with Crippen molar-refractivity contribution in [3.8, 4) is 0 Å². The highest BCUT2D eigenvalue weighted by atomic mass is 32.3. The fraction of sp³-hybridized carbons (Fsp3) is 1.00. The Kier molecular flexibility index (Phi) is 18.7. The van der Waals surface area contributed by atoms with Gasteiger partial charge in [-0.3, -0.25) is 4.55 Å². The maximum Gasteiger partial charge on any atom is 0.397 e.